The van der Waals surface area contributed by atoms with Crippen molar-refractivity contribution in [1.29, 1.82) is 0 Å². The molecule has 0 saturated carbocycles. The number of nitrogens with zero attached hydrogens (tertiary/aromatic N) is 3. The number of hydrogen-bond acceptors (Lipinski definition) is 6. The summed E-state index contributed by atoms with van der Waals surface area (Å²) in [4.78, 5) is 29.4. The van der Waals surface area contributed by atoms with Gasteiger partial charge in [-0.2, -0.15) is 0 Å². The van der Waals surface area contributed by atoms with E-state index in [4.69, 9.17) is 9.47 Å². The van der Waals surface area contributed by atoms with E-state index in [1.807, 2.05) is 24.3 Å². The van der Waals surface area contributed by atoms with Crippen LogP contribution in [0.2, 0.25) is 0 Å². The van der Waals surface area contributed by atoms with Crippen LogP contribution in [0.1, 0.15) is 6.42 Å². The molecule has 2 aliphatic heterocycles. The van der Waals surface area contributed by atoms with Gasteiger partial charge in [-0.15, -0.1) is 0 Å². The molecule has 0 spiro atoms. The minimum atomic E-state index is -0.353. The highest BCUT2D eigenvalue weighted by Gasteiger charge is 2.24. The van der Waals surface area contributed by atoms with Gasteiger partial charge in [0, 0.05) is 71.3 Å². The molecule has 2 saturated heterocycles. The third-order valence-electron chi connectivity index (χ3n) is 4.89. The minimum Gasteiger partial charge on any atom is -0.369 e. The summed E-state index contributed by atoms with van der Waals surface area (Å²) in [6.45, 7) is 4.94. The number of imide groups is 1. The quantitative estimate of drug-likeness (QED) is 0.757. The van der Waals surface area contributed by atoms with E-state index in [9.17, 15) is 9.59 Å². The highest BCUT2D eigenvalue weighted by Crippen LogP contribution is 2.23. The van der Waals surface area contributed by atoms with Crippen molar-refractivity contribution < 1.29 is 19.1 Å². The number of rotatable bonds is 6. The van der Waals surface area contributed by atoms with Crippen LogP contribution in [-0.2, 0) is 14.3 Å². The second-order valence-electron chi connectivity index (χ2n) is 6.46. The fourth-order valence-corrected chi connectivity index (χ4v) is 3.30. The van der Waals surface area contributed by atoms with Crippen LogP contribution in [0.15, 0.2) is 24.3 Å². The summed E-state index contributed by atoms with van der Waals surface area (Å²) in [6.07, 6.45) is 0.141. The van der Waals surface area contributed by atoms with Gasteiger partial charge in [0.15, 0.2) is 6.29 Å². The summed E-state index contributed by atoms with van der Waals surface area (Å²) in [5, 5.41) is 2.35. The highest BCUT2D eigenvalue weighted by atomic mass is 16.7. The van der Waals surface area contributed by atoms with Crippen molar-refractivity contribution in [2.75, 3.05) is 63.3 Å². The Morgan fingerprint density at radius 1 is 0.962 bits per heavy atom. The van der Waals surface area contributed by atoms with Crippen LogP contribution in [0, 0.1) is 0 Å². The second-order valence-corrected chi connectivity index (χ2v) is 6.46. The first-order valence-corrected chi connectivity index (χ1v) is 8.85. The maximum absolute atomic E-state index is 11.9. The van der Waals surface area contributed by atoms with Crippen LogP contribution in [0.5, 0.6) is 0 Å². The van der Waals surface area contributed by atoms with Crippen LogP contribution in [0.3, 0.4) is 0 Å². The second kappa shape index (κ2) is 8.48. The smallest absolute Gasteiger partial charge is 0.328 e. The molecular formula is C18H26N4O4. The lowest BCUT2D eigenvalue weighted by molar-refractivity contribution is -0.120. The van der Waals surface area contributed by atoms with Gasteiger partial charge in [-0.3, -0.25) is 19.9 Å². The molecule has 1 N–H and O–H groups in total. The first-order chi connectivity index (χ1) is 12.6. The zero-order chi connectivity index (χ0) is 18.5. The largest absolute Gasteiger partial charge is 0.369 e. The fraction of sp³-hybridized carbons (Fsp3) is 0.556. The third kappa shape index (κ3) is 4.32. The first-order valence-electron chi connectivity index (χ1n) is 8.85. The monoisotopic (exact) mass is 362 g/mol. The Labute approximate surface area is 153 Å². The molecule has 0 aliphatic carbocycles. The van der Waals surface area contributed by atoms with Gasteiger partial charge >= 0.3 is 6.03 Å². The van der Waals surface area contributed by atoms with Gasteiger partial charge in [0.25, 0.3) is 0 Å². The van der Waals surface area contributed by atoms with Crippen LogP contribution in [0.25, 0.3) is 0 Å². The molecule has 26 heavy (non-hydrogen) atoms. The Hall–Kier alpha value is -2.16. The van der Waals surface area contributed by atoms with Gasteiger partial charge in [0.2, 0.25) is 5.91 Å². The zero-order valence-electron chi connectivity index (χ0n) is 15.3. The van der Waals surface area contributed by atoms with Gasteiger partial charge in [-0.25, -0.2) is 4.79 Å². The number of ether oxygens (including phenoxy) is 2. The van der Waals surface area contributed by atoms with E-state index in [1.165, 1.54) is 0 Å². The Balaban J connectivity index is 1.55. The van der Waals surface area contributed by atoms with Gasteiger partial charge < -0.3 is 14.4 Å². The molecule has 3 amide bonds. The summed E-state index contributed by atoms with van der Waals surface area (Å²) >= 11 is 0. The Morgan fingerprint density at radius 2 is 1.58 bits per heavy atom. The lowest BCUT2D eigenvalue weighted by Crippen LogP contribution is -2.49. The Morgan fingerprint density at radius 3 is 2.15 bits per heavy atom. The van der Waals surface area contributed by atoms with E-state index in [-0.39, 0.29) is 18.2 Å². The molecule has 1 aromatic rings. The lowest BCUT2D eigenvalue weighted by atomic mass is 10.2. The molecule has 8 heteroatoms. The average molecular weight is 362 g/mol. The van der Waals surface area contributed by atoms with Crippen molar-refractivity contribution >= 4 is 23.3 Å². The standard InChI is InChI=1S/C18H26N4O4/c1-25-17(26-2)13-20-9-11-21(12-10-20)14-3-5-15(6-4-14)22-8-7-16(23)19-18(22)24/h3-6,17H,7-13H2,1-2H3,(H,19,23,24). The van der Waals surface area contributed by atoms with Crippen molar-refractivity contribution in [1.82, 2.24) is 10.2 Å². The lowest BCUT2D eigenvalue weighted by Gasteiger charge is -2.37. The first kappa shape index (κ1) is 18.6. The summed E-state index contributed by atoms with van der Waals surface area (Å²) in [5.74, 6) is -0.218. The van der Waals surface area contributed by atoms with Crippen molar-refractivity contribution in [3.05, 3.63) is 24.3 Å². The molecule has 0 atom stereocenters. The predicted octanol–water partition coefficient (Wildman–Crippen LogP) is 0.874. The number of amides is 3. The summed E-state index contributed by atoms with van der Waals surface area (Å²) < 4.78 is 10.5. The van der Waals surface area contributed by atoms with E-state index in [0.29, 0.717) is 13.0 Å². The third-order valence-corrected chi connectivity index (χ3v) is 4.89. The van der Waals surface area contributed by atoms with E-state index in [2.05, 4.69) is 15.1 Å². The van der Waals surface area contributed by atoms with Crippen molar-refractivity contribution in [3.8, 4) is 0 Å². The highest BCUT2D eigenvalue weighted by molar-refractivity contribution is 6.05. The minimum absolute atomic E-state index is 0.191. The van der Waals surface area contributed by atoms with Crippen molar-refractivity contribution in [3.63, 3.8) is 0 Å². The van der Waals surface area contributed by atoms with Gasteiger partial charge in [0.1, 0.15) is 0 Å². The van der Waals surface area contributed by atoms with E-state index in [1.54, 1.807) is 19.1 Å². The SMILES string of the molecule is COC(CN1CCN(c2ccc(N3CCC(=O)NC3=O)cc2)CC1)OC. The maximum atomic E-state index is 11.9. The predicted molar refractivity (Wildman–Crippen MR) is 98.4 cm³/mol. The van der Waals surface area contributed by atoms with Gasteiger partial charge in [-0.05, 0) is 24.3 Å². The number of anilines is 2. The number of piperazine rings is 1. The number of hydrogen-bond donors (Lipinski definition) is 1. The topological polar surface area (TPSA) is 74.4 Å². The zero-order valence-corrected chi connectivity index (χ0v) is 15.3. The van der Waals surface area contributed by atoms with Crippen LogP contribution >= 0.6 is 0 Å². The van der Waals surface area contributed by atoms with Gasteiger partial charge in [0.05, 0.1) is 0 Å². The van der Waals surface area contributed by atoms with E-state index < -0.39 is 0 Å². The molecule has 2 aliphatic rings. The number of carbonyl (C=O) groups excluding carboxylic acids is 2. The maximum Gasteiger partial charge on any atom is 0.328 e. The Bertz CT molecular complexity index is 625. The average Bonchev–Trinajstić information content (AvgIpc) is 2.67. The molecule has 8 nitrogen and oxygen atoms in total. The molecule has 3 rings (SSSR count). The normalized spacial score (nSPS) is 19.2. The molecule has 1 aromatic carbocycles. The fourth-order valence-electron chi connectivity index (χ4n) is 3.30. The molecule has 0 aromatic heterocycles. The molecule has 2 heterocycles. The molecule has 142 valence electrons. The van der Waals surface area contributed by atoms with E-state index >= 15 is 0 Å². The van der Waals surface area contributed by atoms with Crippen LogP contribution in [0.4, 0.5) is 16.2 Å². The number of urea groups is 1. The van der Waals surface area contributed by atoms with Gasteiger partial charge in [-0.1, -0.05) is 0 Å². The molecule has 0 bridgehead atoms. The molecule has 0 unspecified atom stereocenters. The number of carbonyl (C=O) groups is 2. The molecular weight excluding hydrogens is 336 g/mol. The summed E-state index contributed by atoms with van der Waals surface area (Å²) in [6, 6.07) is 7.57. The summed E-state index contributed by atoms with van der Waals surface area (Å²) in [7, 11) is 3.31. The molecule has 0 radical (unpaired) electrons. The van der Waals surface area contributed by atoms with Crippen LogP contribution < -0.4 is 15.1 Å². The molecule has 2 fully saturated rings. The van der Waals surface area contributed by atoms with Crippen molar-refractivity contribution in [2.24, 2.45) is 0 Å². The van der Waals surface area contributed by atoms with Crippen LogP contribution in [-0.4, -0.2) is 76.6 Å². The number of benzene rings is 1. The Kier molecular flexibility index (Phi) is 6.08. The number of nitrogens with one attached hydrogen (secondary N) is 1. The van der Waals surface area contributed by atoms with E-state index in [0.717, 1.165) is 44.1 Å². The summed E-state index contributed by atoms with van der Waals surface area (Å²) in [5.41, 5.74) is 1.94. The van der Waals surface area contributed by atoms with Crippen molar-refractivity contribution in [2.45, 2.75) is 12.7 Å². The number of methoxy groups -OCH3 is 2.